The van der Waals surface area contributed by atoms with Crippen LogP contribution in [-0.2, 0) is 17.8 Å². The lowest BCUT2D eigenvalue weighted by atomic mass is 10.1. The lowest BCUT2D eigenvalue weighted by Crippen LogP contribution is -2.41. The Bertz CT molecular complexity index is 1040. The van der Waals surface area contributed by atoms with Gasteiger partial charge in [0.1, 0.15) is 5.65 Å². The van der Waals surface area contributed by atoms with Gasteiger partial charge in [-0.1, -0.05) is 11.6 Å². The van der Waals surface area contributed by atoms with Gasteiger partial charge in [-0.2, -0.15) is 0 Å². The number of rotatable bonds is 3. The number of thioether (sulfide) groups is 1. The number of aromatic nitrogens is 3. The number of hydrogen-bond donors (Lipinski definition) is 0. The molecule has 0 bridgehead atoms. The fourth-order valence-electron chi connectivity index (χ4n) is 2.96. The maximum atomic E-state index is 12.8. The summed E-state index contributed by atoms with van der Waals surface area (Å²) in [5.41, 5.74) is 1.75. The molecule has 3 aromatic rings. The Kier molecular flexibility index (Phi) is 4.65. The van der Waals surface area contributed by atoms with Gasteiger partial charge in [0.15, 0.2) is 0 Å². The molecule has 132 valence electrons. The van der Waals surface area contributed by atoms with E-state index in [2.05, 4.69) is 9.97 Å². The molecule has 3 aromatic heterocycles. The molecule has 0 radical (unpaired) electrons. The first kappa shape index (κ1) is 17.1. The molecule has 0 N–H and O–H groups in total. The second-order valence-electron chi connectivity index (χ2n) is 5.95. The molecule has 0 aliphatic carbocycles. The fourth-order valence-corrected chi connectivity index (χ4v) is 3.90. The van der Waals surface area contributed by atoms with Crippen LogP contribution in [0.1, 0.15) is 11.3 Å². The molecule has 0 saturated heterocycles. The monoisotopic (exact) mass is 386 g/mol. The molecule has 0 fully saturated rings. The predicted octanol–water partition coefficient (Wildman–Crippen LogP) is 2.42. The van der Waals surface area contributed by atoms with Crippen molar-refractivity contribution in [3.05, 3.63) is 69.5 Å². The van der Waals surface area contributed by atoms with Crippen LogP contribution in [0.25, 0.3) is 5.65 Å². The minimum absolute atomic E-state index is 0.00746. The number of fused-ring (bicyclic) bond motifs is 2. The molecule has 26 heavy (non-hydrogen) atoms. The van der Waals surface area contributed by atoms with Gasteiger partial charge >= 0.3 is 0 Å². The van der Waals surface area contributed by atoms with E-state index in [1.165, 1.54) is 16.2 Å². The van der Waals surface area contributed by atoms with E-state index >= 15 is 0 Å². The molecule has 4 rings (SSSR count). The lowest BCUT2D eigenvalue weighted by molar-refractivity contribution is -0.129. The van der Waals surface area contributed by atoms with Gasteiger partial charge in [0.25, 0.3) is 5.56 Å². The van der Waals surface area contributed by atoms with Crippen LogP contribution in [0.3, 0.4) is 0 Å². The van der Waals surface area contributed by atoms with Crippen molar-refractivity contribution in [3.8, 4) is 0 Å². The number of carbonyl (C=O) groups excluding carboxylic acids is 1. The smallest absolute Gasteiger partial charge is 0.263 e. The Morgan fingerprint density at radius 3 is 2.85 bits per heavy atom. The van der Waals surface area contributed by atoms with Gasteiger partial charge in [-0.3, -0.25) is 19.0 Å². The molecule has 0 saturated carbocycles. The van der Waals surface area contributed by atoms with Crippen LogP contribution in [0.5, 0.6) is 0 Å². The summed E-state index contributed by atoms with van der Waals surface area (Å²) in [5, 5.41) is 0.471. The third kappa shape index (κ3) is 3.32. The minimum Gasteiger partial charge on any atom is -0.337 e. The SMILES string of the molecule is O=C(CSc1ccncc1)N1CCc2nc3ccc(Cl)cn3c(=O)c2C1. The van der Waals surface area contributed by atoms with Crippen molar-refractivity contribution in [1.82, 2.24) is 19.3 Å². The Morgan fingerprint density at radius 2 is 2.04 bits per heavy atom. The molecule has 0 aromatic carbocycles. The summed E-state index contributed by atoms with van der Waals surface area (Å²) in [6.45, 7) is 0.852. The van der Waals surface area contributed by atoms with Crippen molar-refractivity contribution in [3.63, 3.8) is 0 Å². The highest BCUT2D eigenvalue weighted by atomic mass is 35.5. The van der Waals surface area contributed by atoms with Crippen LogP contribution in [0.4, 0.5) is 0 Å². The topological polar surface area (TPSA) is 67.6 Å². The van der Waals surface area contributed by atoms with Gasteiger partial charge in [0, 0.05) is 36.5 Å². The van der Waals surface area contributed by atoms with E-state index in [0.29, 0.717) is 35.0 Å². The summed E-state index contributed by atoms with van der Waals surface area (Å²) < 4.78 is 1.45. The standard InChI is InChI=1S/C18H15ClN4O2S/c19-12-1-2-16-21-15-5-8-22(10-14(15)18(25)23(16)9-12)17(24)11-26-13-3-6-20-7-4-13/h1-4,6-7,9H,5,8,10-11H2. The number of halogens is 1. The van der Waals surface area contributed by atoms with E-state index in [-0.39, 0.29) is 18.0 Å². The van der Waals surface area contributed by atoms with Gasteiger partial charge in [-0.05, 0) is 24.3 Å². The fraction of sp³-hybridized carbons (Fsp3) is 0.222. The van der Waals surface area contributed by atoms with Gasteiger partial charge in [-0.15, -0.1) is 11.8 Å². The molecule has 1 amide bonds. The summed E-state index contributed by atoms with van der Waals surface area (Å²) in [6.07, 6.45) is 5.54. The molecule has 1 aliphatic heterocycles. The zero-order chi connectivity index (χ0) is 18.1. The maximum absolute atomic E-state index is 12.8. The van der Waals surface area contributed by atoms with Crippen LogP contribution in [-0.4, -0.2) is 37.5 Å². The highest BCUT2D eigenvalue weighted by molar-refractivity contribution is 8.00. The molecule has 4 heterocycles. The highest BCUT2D eigenvalue weighted by Crippen LogP contribution is 2.20. The second-order valence-corrected chi connectivity index (χ2v) is 7.44. The predicted molar refractivity (Wildman–Crippen MR) is 101 cm³/mol. The van der Waals surface area contributed by atoms with E-state index < -0.39 is 0 Å². The van der Waals surface area contributed by atoms with E-state index in [0.717, 1.165) is 10.6 Å². The average Bonchev–Trinajstić information content (AvgIpc) is 2.67. The largest absolute Gasteiger partial charge is 0.337 e. The Balaban J connectivity index is 1.55. The first-order valence-electron chi connectivity index (χ1n) is 8.12. The molecule has 6 nitrogen and oxygen atoms in total. The average molecular weight is 387 g/mol. The molecule has 0 spiro atoms. The summed E-state index contributed by atoms with van der Waals surface area (Å²) >= 11 is 7.46. The van der Waals surface area contributed by atoms with E-state index in [1.54, 1.807) is 35.6 Å². The normalized spacial score (nSPS) is 13.7. The third-order valence-corrected chi connectivity index (χ3v) is 5.52. The van der Waals surface area contributed by atoms with Crippen molar-refractivity contribution in [1.29, 1.82) is 0 Å². The summed E-state index contributed by atoms with van der Waals surface area (Å²) in [5.74, 6) is 0.334. The highest BCUT2D eigenvalue weighted by Gasteiger charge is 2.25. The van der Waals surface area contributed by atoms with E-state index in [9.17, 15) is 9.59 Å². The van der Waals surface area contributed by atoms with E-state index in [4.69, 9.17) is 11.6 Å². The molecular weight excluding hydrogens is 372 g/mol. The zero-order valence-corrected chi connectivity index (χ0v) is 15.3. The van der Waals surface area contributed by atoms with Gasteiger partial charge < -0.3 is 4.90 Å². The number of carbonyl (C=O) groups is 1. The maximum Gasteiger partial charge on any atom is 0.263 e. The quantitative estimate of drug-likeness (QED) is 0.647. The summed E-state index contributed by atoms with van der Waals surface area (Å²) in [6, 6.07) is 7.18. The molecule has 0 unspecified atom stereocenters. The van der Waals surface area contributed by atoms with Crippen molar-refractivity contribution < 1.29 is 4.79 Å². The van der Waals surface area contributed by atoms with E-state index in [1.807, 2.05) is 12.1 Å². The van der Waals surface area contributed by atoms with Crippen LogP contribution < -0.4 is 5.56 Å². The first-order valence-corrected chi connectivity index (χ1v) is 9.48. The van der Waals surface area contributed by atoms with Crippen LogP contribution in [0.2, 0.25) is 5.02 Å². The van der Waals surface area contributed by atoms with Crippen molar-refractivity contribution in [2.45, 2.75) is 17.9 Å². The molecule has 0 atom stereocenters. The third-order valence-electron chi connectivity index (χ3n) is 4.30. The molecule has 8 heteroatoms. The number of amides is 1. The minimum atomic E-state index is -0.160. The number of hydrogen-bond acceptors (Lipinski definition) is 5. The Morgan fingerprint density at radius 1 is 1.23 bits per heavy atom. The van der Waals surface area contributed by atoms with Crippen molar-refractivity contribution in [2.75, 3.05) is 12.3 Å². The summed E-state index contributed by atoms with van der Waals surface area (Å²) in [7, 11) is 0. The molecular formula is C18H15ClN4O2S. The van der Waals surface area contributed by atoms with Crippen molar-refractivity contribution in [2.24, 2.45) is 0 Å². The Hall–Kier alpha value is -2.38. The number of pyridine rings is 2. The number of nitrogens with zero attached hydrogens (tertiary/aromatic N) is 4. The zero-order valence-electron chi connectivity index (χ0n) is 13.8. The summed E-state index contributed by atoms with van der Waals surface area (Å²) in [4.78, 5) is 36.6. The van der Waals surface area contributed by atoms with Crippen molar-refractivity contribution >= 4 is 34.9 Å². The Labute approximate surface area is 158 Å². The first-order chi connectivity index (χ1) is 12.6. The van der Waals surface area contributed by atoms with Crippen LogP contribution in [0.15, 0.2) is 52.5 Å². The van der Waals surface area contributed by atoms with Gasteiger partial charge in [0.2, 0.25) is 5.91 Å². The molecule has 1 aliphatic rings. The van der Waals surface area contributed by atoms with Crippen LogP contribution >= 0.6 is 23.4 Å². The van der Waals surface area contributed by atoms with Gasteiger partial charge in [-0.25, -0.2) is 4.98 Å². The second kappa shape index (κ2) is 7.09. The lowest BCUT2D eigenvalue weighted by Gasteiger charge is -2.28. The van der Waals surface area contributed by atoms with Gasteiger partial charge in [0.05, 0.1) is 28.6 Å². The van der Waals surface area contributed by atoms with Crippen LogP contribution in [0, 0.1) is 0 Å².